The Bertz CT molecular complexity index is 1590. The van der Waals surface area contributed by atoms with Crippen LogP contribution in [0.25, 0.3) is 10.9 Å². The number of aromatic nitrogens is 2. The molecular weight excluding hydrogens is 558 g/mol. The van der Waals surface area contributed by atoms with Crippen LogP contribution >= 0.6 is 0 Å². The molecule has 11 nitrogen and oxygen atoms in total. The summed E-state index contributed by atoms with van der Waals surface area (Å²) in [4.78, 5) is 24.9. The van der Waals surface area contributed by atoms with Crippen molar-refractivity contribution in [2.45, 2.75) is 27.2 Å². The number of nitrogens with zero attached hydrogens (tertiary/aromatic N) is 6. The standard InChI is InChI=1S/C29H33N7O4.C4H6/c1-5-32-36-12-10-22(11-13-36)40-25-9-6-21(18-20(25)2)33-28-26-23(30-19-31-28)7-8-24(27(26)38-3)34-14-16-35(17-15-34)29(37)39-4;1-3-4-2/h5-12,18-19H,13-17H2,1-4H3,(H,30,31,33);1H,4H2,2H3/b32-5-;. The number of aryl methyl sites for hydroxylation is 1. The molecule has 3 aromatic rings. The predicted molar refractivity (Wildman–Crippen MR) is 175 cm³/mol. The molecule has 0 spiro atoms. The number of amides is 1. The maximum absolute atomic E-state index is 11.9. The SMILES string of the molecule is C#CCC.C/C=N\N1C=CC(Oc2ccc(Nc3ncnc4ccc(N5CCN(C(=O)OC)CC5)c(OC)c34)cc2C)=CC1. The number of nitrogens with one attached hydrogen (secondary N) is 1. The molecule has 1 aromatic heterocycles. The highest BCUT2D eigenvalue weighted by Gasteiger charge is 2.25. The Balaban J connectivity index is 0.00000104. The monoisotopic (exact) mass is 597 g/mol. The van der Waals surface area contributed by atoms with Crippen molar-refractivity contribution in [1.29, 1.82) is 0 Å². The summed E-state index contributed by atoms with van der Waals surface area (Å²) in [5, 5.41) is 10.3. The lowest BCUT2D eigenvalue weighted by atomic mass is 10.1. The van der Waals surface area contributed by atoms with Gasteiger partial charge in [0.25, 0.3) is 0 Å². The number of anilines is 3. The number of methoxy groups -OCH3 is 2. The fourth-order valence-electron chi connectivity index (χ4n) is 4.81. The minimum atomic E-state index is -0.308. The van der Waals surface area contributed by atoms with Crippen LogP contribution in [-0.2, 0) is 4.74 Å². The molecule has 1 fully saturated rings. The molecule has 1 saturated heterocycles. The number of hydrogen-bond donors (Lipinski definition) is 1. The van der Waals surface area contributed by atoms with Crippen molar-refractivity contribution in [2.75, 3.05) is 57.2 Å². The summed E-state index contributed by atoms with van der Waals surface area (Å²) in [5.74, 6) is 5.30. The van der Waals surface area contributed by atoms with Gasteiger partial charge in [-0.2, -0.15) is 5.10 Å². The van der Waals surface area contributed by atoms with Crippen LogP contribution in [0.2, 0.25) is 0 Å². The van der Waals surface area contributed by atoms with Crippen molar-refractivity contribution in [3.8, 4) is 23.8 Å². The highest BCUT2D eigenvalue weighted by atomic mass is 16.5. The molecule has 0 aliphatic carbocycles. The Morgan fingerprint density at radius 2 is 1.93 bits per heavy atom. The van der Waals surface area contributed by atoms with Crippen LogP contribution in [0, 0.1) is 19.3 Å². The largest absolute Gasteiger partial charge is 0.494 e. The van der Waals surface area contributed by atoms with Gasteiger partial charge in [0.1, 0.15) is 23.7 Å². The van der Waals surface area contributed by atoms with Gasteiger partial charge in [0.15, 0.2) is 5.75 Å². The van der Waals surface area contributed by atoms with Gasteiger partial charge in [0, 0.05) is 50.7 Å². The lowest BCUT2D eigenvalue weighted by Gasteiger charge is -2.36. The van der Waals surface area contributed by atoms with Crippen molar-refractivity contribution in [1.82, 2.24) is 19.9 Å². The van der Waals surface area contributed by atoms with Gasteiger partial charge in [0.05, 0.1) is 37.4 Å². The number of terminal acetylenes is 1. The number of hydrazone groups is 1. The van der Waals surface area contributed by atoms with Gasteiger partial charge in [0.2, 0.25) is 0 Å². The Labute approximate surface area is 258 Å². The van der Waals surface area contributed by atoms with Crippen LogP contribution < -0.4 is 19.7 Å². The Morgan fingerprint density at radius 1 is 1.16 bits per heavy atom. The molecule has 1 amide bonds. The fourth-order valence-corrected chi connectivity index (χ4v) is 4.81. The van der Waals surface area contributed by atoms with Crippen LogP contribution in [0.5, 0.6) is 11.5 Å². The molecule has 2 aliphatic heterocycles. The van der Waals surface area contributed by atoms with Crippen LogP contribution in [0.4, 0.5) is 22.0 Å². The van der Waals surface area contributed by atoms with E-state index in [1.165, 1.54) is 13.4 Å². The fraction of sp³-hybridized carbons (Fsp3) is 0.333. The number of ether oxygens (including phenoxy) is 3. The van der Waals surface area contributed by atoms with Gasteiger partial charge >= 0.3 is 6.09 Å². The highest BCUT2D eigenvalue weighted by Crippen LogP contribution is 2.40. The first-order chi connectivity index (χ1) is 21.4. The molecule has 230 valence electrons. The molecule has 1 N–H and O–H groups in total. The molecule has 2 aromatic carbocycles. The molecule has 0 saturated carbocycles. The van der Waals surface area contributed by atoms with E-state index in [2.05, 4.69) is 31.2 Å². The second-order valence-corrected chi connectivity index (χ2v) is 9.86. The smallest absolute Gasteiger partial charge is 0.409 e. The third-order valence-electron chi connectivity index (χ3n) is 7.02. The van der Waals surface area contributed by atoms with E-state index in [0.29, 0.717) is 44.3 Å². The molecule has 11 heteroatoms. The minimum absolute atomic E-state index is 0.308. The normalized spacial score (nSPS) is 14.5. The van der Waals surface area contributed by atoms with E-state index in [-0.39, 0.29) is 6.09 Å². The van der Waals surface area contributed by atoms with E-state index in [0.717, 1.165) is 45.8 Å². The molecule has 0 unspecified atom stereocenters. The molecule has 44 heavy (non-hydrogen) atoms. The van der Waals surface area contributed by atoms with Gasteiger partial charge in [-0.05, 0) is 61.9 Å². The number of hydrogen-bond acceptors (Lipinski definition) is 10. The Kier molecular flexibility index (Phi) is 11.0. The quantitative estimate of drug-likeness (QED) is 0.271. The Hall–Kier alpha value is -5.24. The molecule has 3 heterocycles. The van der Waals surface area contributed by atoms with Gasteiger partial charge in [-0.15, -0.1) is 12.3 Å². The molecule has 5 rings (SSSR count). The van der Waals surface area contributed by atoms with Crippen molar-refractivity contribution >= 4 is 40.4 Å². The zero-order valence-corrected chi connectivity index (χ0v) is 25.9. The average Bonchev–Trinajstić information content (AvgIpc) is 3.06. The first-order valence-corrected chi connectivity index (χ1v) is 14.4. The first kappa shape index (κ1) is 31.7. The van der Waals surface area contributed by atoms with Gasteiger partial charge in [-0.1, -0.05) is 6.92 Å². The van der Waals surface area contributed by atoms with Gasteiger partial charge < -0.3 is 29.3 Å². The molecule has 2 aliphatic rings. The summed E-state index contributed by atoms with van der Waals surface area (Å²) < 4.78 is 16.9. The van der Waals surface area contributed by atoms with E-state index in [1.807, 2.05) is 74.5 Å². The van der Waals surface area contributed by atoms with Gasteiger partial charge in [-0.3, -0.25) is 5.01 Å². The van der Waals surface area contributed by atoms with Crippen molar-refractivity contribution in [3.63, 3.8) is 0 Å². The van der Waals surface area contributed by atoms with E-state index in [9.17, 15) is 4.79 Å². The lowest BCUT2D eigenvalue weighted by Crippen LogP contribution is -2.48. The van der Waals surface area contributed by atoms with Crippen LogP contribution in [-0.4, -0.2) is 79.1 Å². The van der Waals surface area contributed by atoms with E-state index >= 15 is 0 Å². The molecule has 0 atom stereocenters. The number of benzene rings is 2. The first-order valence-electron chi connectivity index (χ1n) is 14.4. The third kappa shape index (κ3) is 7.58. The third-order valence-corrected chi connectivity index (χ3v) is 7.02. The van der Waals surface area contributed by atoms with Crippen molar-refractivity contribution in [3.05, 3.63) is 66.3 Å². The van der Waals surface area contributed by atoms with Gasteiger partial charge in [-0.25, -0.2) is 14.8 Å². The average molecular weight is 598 g/mol. The number of allylic oxidation sites excluding steroid dienone is 1. The van der Waals surface area contributed by atoms with E-state index in [1.54, 1.807) is 18.2 Å². The predicted octanol–water partition coefficient (Wildman–Crippen LogP) is 5.71. The van der Waals surface area contributed by atoms with Crippen LogP contribution in [0.3, 0.4) is 0 Å². The van der Waals surface area contributed by atoms with Crippen LogP contribution in [0.1, 0.15) is 25.8 Å². The summed E-state index contributed by atoms with van der Waals surface area (Å²) in [5.41, 5.74) is 3.53. The maximum atomic E-state index is 11.9. The number of piperazine rings is 1. The molecule has 0 bridgehead atoms. The number of carbonyl (C=O) groups excluding carboxylic acids is 1. The summed E-state index contributed by atoms with van der Waals surface area (Å²) in [6.45, 7) is 8.93. The summed E-state index contributed by atoms with van der Waals surface area (Å²) in [7, 11) is 3.05. The highest BCUT2D eigenvalue weighted by molar-refractivity contribution is 6.00. The zero-order valence-electron chi connectivity index (χ0n) is 25.9. The minimum Gasteiger partial charge on any atom is -0.494 e. The van der Waals surface area contributed by atoms with E-state index in [4.69, 9.17) is 20.6 Å². The number of carbonyl (C=O) groups is 1. The number of fused-ring (bicyclic) bond motifs is 1. The van der Waals surface area contributed by atoms with E-state index < -0.39 is 0 Å². The summed E-state index contributed by atoms with van der Waals surface area (Å²) >= 11 is 0. The second-order valence-electron chi connectivity index (χ2n) is 9.86. The molecular formula is C33H39N7O4. The lowest BCUT2D eigenvalue weighted by molar-refractivity contribution is 0.121. The summed E-state index contributed by atoms with van der Waals surface area (Å²) in [6, 6.07) is 9.89. The van der Waals surface area contributed by atoms with Crippen molar-refractivity contribution < 1.29 is 19.0 Å². The number of rotatable bonds is 7. The topological polar surface area (TPSA) is 105 Å². The summed E-state index contributed by atoms with van der Waals surface area (Å²) in [6.07, 6.45) is 14.4. The second kappa shape index (κ2) is 15.3. The molecule has 0 radical (unpaired) electrons. The van der Waals surface area contributed by atoms with Crippen molar-refractivity contribution in [2.24, 2.45) is 5.10 Å². The Morgan fingerprint density at radius 3 is 2.55 bits per heavy atom. The maximum Gasteiger partial charge on any atom is 0.409 e. The van der Waals surface area contributed by atoms with Crippen LogP contribution in [0.15, 0.2) is 65.9 Å². The zero-order chi connectivity index (χ0) is 31.5.